The highest BCUT2D eigenvalue weighted by Gasteiger charge is 2.24. The summed E-state index contributed by atoms with van der Waals surface area (Å²) >= 11 is 0. The van der Waals surface area contributed by atoms with Crippen LogP contribution in [0.5, 0.6) is 0 Å². The number of hydrogen-bond acceptors (Lipinski definition) is 5. The number of Topliss-reactive ketones (excluding diaryl/α,β-unsaturated/α-hetero) is 1. The van der Waals surface area contributed by atoms with Crippen molar-refractivity contribution < 1.29 is 14.6 Å². The van der Waals surface area contributed by atoms with Crippen LogP contribution in [-0.2, 0) is 11.2 Å². The van der Waals surface area contributed by atoms with Gasteiger partial charge in [0.1, 0.15) is 5.78 Å². The summed E-state index contributed by atoms with van der Waals surface area (Å²) in [5.41, 5.74) is -0.229. The minimum Gasteiger partial charge on any atom is -0.299 e. The first kappa shape index (κ1) is 15.1. The molecule has 1 aromatic rings. The maximum atomic E-state index is 12.0. The number of nitrogens with zero attached hydrogens (tertiary/aromatic N) is 2. The van der Waals surface area contributed by atoms with E-state index in [0.717, 1.165) is 31.7 Å². The Morgan fingerprint density at radius 2 is 1.81 bits per heavy atom. The Balaban J connectivity index is 2.10. The van der Waals surface area contributed by atoms with E-state index in [1.54, 1.807) is 0 Å². The van der Waals surface area contributed by atoms with Crippen LogP contribution < -0.4 is 0 Å². The average Bonchev–Trinajstić information content (AvgIpc) is 2.98. The first-order valence-electron chi connectivity index (χ1n) is 6.93. The standard InChI is InChI=1S/C14H16N2O5/c17-14(11-3-1-2-4-11)8-6-10-5-7-12(15(18)19)9-13(10)16(20)21/h5,7,9,11H,1-4,6,8H2. The zero-order chi connectivity index (χ0) is 15.4. The van der Waals surface area contributed by atoms with Gasteiger partial charge in [0, 0.05) is 24.0 Å². The molecule has 1 aromatic carbocycles. The third kappa shape index (κ3) is 3.62. The molecule has 0 aliphatic heterocycles. The van der Waals surface area contributed by atoms with Crippen LogP contribution in [-0.4, -0.2) is 15.6 Å². The van der Waals surface area contributed by atoms with Gasteiger partial charge in [-0.1, -0.05) is 12.8 Å². The second-order valence-corrected chi connectivity index (χ2v) is 5.27. The molecule has 0 atom stereocenters. The van der Waals surface area contributed by atoms with Crippen molar-refractivity contribution in [1.29, 1.82) is 0 Å². The van der Waals surface area contributed by atoms with Crippen molar-refractivity contribution in [2.24, 2.45) is 5.92 Å². The Hall–Kier alpha value is -2.31. The summed E-state index contributed by atoms with van der Waals surface area (Å²) in [6.45, 7) is 0. The molecule has 2 rings (SSSR count). The molecule has 112 valence electrons. The number of non-ortho nitro benzene ring substituents is 1. The van der Waals surface area contributed by atoms with E-state index < -0.39 is 9.85 Å². The van der Waals surface area contributed by atoms with Gasteiger partial charge >= 0.3 is 0 Å². The summed E-state index contributed by atoms with van der Waals surface area (Å²) in [6.07, 6.45) is 4.44. The number of nitro groups is 2. The summed E-state index contributed by atoms with van der Waals surface area (Å²) in [5, 5.41) is 21.7. The molecule has 1 aliphatic carbocycles. The van der Waals surface area contributed by atoms with Crippen LogP contribution in [0.2, 0.25) is 0 Å². The highest BCUT2D eigenvalue weighted by atomic mass is 16.6. The first-order valence-corrected chi connectivity index (χ1v) is 6.93. The van der Waals surface area contributed by atoms with Crippen molar-refractivity contribution in [3.63, 3.8) is 0 Å². The lowest BCUT2D eigenvalue weighted by atomic mass is 9.96. The molecule has 1 fully saturated rings. The quantitative estimate of drug-likeness (QED) is 0.591. The SMILES string of the molecule is O=C(CCc1ccc([N+](=O)[O-])cc1[N+](=O)[O-])C1CCCC1. The van der Waals surface area contributed by atoms with Crippen LogP contribution in [0, 0.1) is 26.1 Å². The van der Waals surface area contributed by atoms with Gasteiger partial charge in [-0.2, -0.15) is 0 Å². The van der Waals surface area contributed by atoms with Crippen LogP contribution in [0.3, 0.4) is 0 Å². The number of benzene rings is 1. The molecule has 0 bridgehead atoms. The summed E-state index contributed by atoms with van der Waals surface area (Å²) in [6, 6.07) is 3.57. The lowest BCUT2D eigenvalue weighted by Crippen LogP contribution is -2.11. The van der Waals surface area contributed by atoms with Crippen LogP contribution in [0.4, 0.5) is 11.4 Å². The smallest absolute Gasteiger partial charge is 0.279 e. The van der Waals surface area contributed by atoms with E-state index in [-0.39, 0.29) is 35.9 Å². The number of aryl methyl sites for hydroxylation is 1. The van der Waals surface area contributed by atoms with Crippen LogP contribution >= 0.6 is 0 Å². The molecule has 0 heterocycles. The van der Waals surface area contributed by atoms with Crippen molar-refractivity contribution in [1.82, 2.24) is 0 Å². The molecular formula is C14H16N2O5. The molecule has 7 nitrogen and oxygen atoms in total. The Morgan fingerprint density at radius 1 is 1.14 bits per heavy atom. The van der Waals surface area contributed by atoms with Crippen molar-refractivity contribution in [3.8, 4) is 0 Å². The molecule has 0 unspecified atom stereocenters. The van der Waals surface area contributed by atoms with Crippen molar-refractivity contribution in [3.05, 3.63) is 44.0 Å². The van der Waals surface area contributed by atoms with Crippen LogP contribution in [0.25, 0.3) is 0 Å². The van der Waals surface area contributed by atoms with Gasteiger partial charge in [0.15, 0.2) is 0 Å². The van der Waals surface area contributed by atoms with Gasteiger partial charge in [0.05, 0.1) is 15.9 Å². The second kappa shape index (κ2) is 6.43. The van der Waals surface area contributed by atoms with E-state index in [1.165, 1.54) is 12.1 Å². The first-order chi connectivity index (χ1) is 9.99. The monoisotopic (exact) mass is 292 g/mol. The lowest BCUT2D eigenvalue weighted by molar-refractivity contribution is -0.394. The van der Waals surface area contributed by atoms with Gasteiger partial charge in [-0.05, 0) is 25.3 Å². The summed E-state index contributed by atoms with van der Waals surface area (Å²) in [7, 11) is 0. The number of rotatable bonds is 6. The molecule has 7 heteroatoms. The zero-order valence-electron chi connectivity index (χ0n) is 11.5. The van der Waals surface area contributed by atoms with Crippen LogP contribution in [0.15, 0.2) is 18.2 Å². The minimum absolute atomic E-state index is 0.0853. The molecule has 0 radical (unpaired) electrons. The molecule has 0 saturated heterocycles. The topological polar surface area (TPSA) is 103 Å². The van der Waals surface area contributed by atoms with E-state index >= 15 is 0 Å². The van der Waals surface area contributed by atoms with Gasteiger partial charge in [0.2, 0.25) is 0 Å². The predicted octanol–water partition coefficient (Wildman–Crippen LogP) is 3.19. The second-order valence-electron chi connectivity index (χ2n) is 5.27. The number of carbonyl (C=O) groups excluding carboxylic acids is 1. The van der Waals surface area contributed by atoms with Gasteiger partial charge in [-0.3, -0.25) is 25.0 Å². The van der Waals surface area contributed by atoms with E-state index in [4.69, 9.17) is 0 Å². The molecule has 0 amide bonds. The number of nitro benzene ring substituents is 2. The molecule has 0 spiro atoms. The molecule has 1 saturated carbocycles. The number of carbonyl (C=O) groups is 1. The molecule has 1 aliphatic rings. The van der Waals surface area contributed by atoms with E-state index in [0.29, 0.717) is 5.56 Å². The van der Waals surface area contributed by atoms with Crippen LogP contribution in [0.1, 0.15) is 37.7 Å². The van der Waals surface area contributed by atoms with Crippen molar-refractivity contribution >= 4 is 17.2 Å². The predicted molar refractivity (Wildman–Crippen MR) is 75.0 cm³/mol. The molecule has 0 N–H and O–H groups in total. The maximum absolute atomic E-state index is 12.0. The summed E-state index contributed by atoms with van der Waals surface area (Å²) < 4.78 is 0. The fourth-order valence-electron chi connectivity index (χ4n) is 2.76. The average molecular weight is 292 g/mol. The Bertz CT molecular complexity index is 579. The Morgan fingerprint density at radius 3 is 2.38 bits per heavy atom. The highest BCUT2D eigenvalue weighted by Crippen LogP contribution is 2.29. The maximum Gasteiger partial charge on any atom is 0.279 e. The van der Waals surface area contributed by atoms with E-state index in [9.17, 15) is 25.0 Å². The fraction of sp³-hybridized carbons (Fsp3) is 0.500. The lowest BCUT2D eigenvalue weighted by Gasteiger charge is -2.07. The van der Waals surface area contributed by atoms with E-state index in [1.807, 2.05) is 0 Å². The summed E-state index contributed by atoms with van der Waals surface area (Å²) in [5.74, 6) is 0.224. The number of ketones is 1. The van der Waals surface area contributed by atoms with Crippen molar-refractivity contribution in [2.75, 3.05) is 0 Å². The minimum atomic E-state index is -0.666. The third-order valence-corrected chi connectivity index (χ3v) is 3.93. The van der Waals surface area contributed by atoms with Gasteiger partial charge < -0.3 is 0 Å². The fourth-order valence-corrected chi connectivity index (χ4v) is 2.76. The molecular weight excluding hydrogens is 276 g/mol. The van der Waals surface area contributed by atoms with Gasteiger partial charge in [-0.25, -0.2) is 0 Å². The number of hydrogen-bond donors (Lipinski definition) is 0. The van der Waals surface area contributed by atoms with E-state index in [2.05, 4.69) is 0 Å². The highest BCUT2D eigenvalue weighted by molar-refractivity contribution is 5.81. The largest absolute Gasteiger partial charge is 0.299 e. The molecule has 21 heavy (non-hydrogen) atoms. The van der Waals surface area contributed by atoms with Gasteiger partial charge in [-0.15, -0.1) is 0 Å². The third-order valence-electron chi connectivity index (χ3n) is 3.93. The van der Waals surface area contributed by atoms with Crippen molar-refractivity contribution in [2.45, 2.75) is 38.5 Å². The molecule has 0 aromatic heterocycles. The zero-order valence-corrected chi connectivity index (χ0v) is 11.5. The normalized spacial score (nSPS) is 15.0. The van der Waals surface area contributed by atoms with Gasteiger partial charge in [0.25, 0.3) is 11.4 Å². The Labute approximate surface area is 121 Å². The summed E-state index contributed by atoms with van der Waals surface area (Å²) in [4.78, 5) is 32.3. The Kier molecular flexibility index (Phi) is 4.62.